The first-order chi connectivity index (χ1) is 10.2. The number of hydrogen-bond acceptors (Lipinski definition) is 4. The molecule has 0 saturated carbocycles. The first-order valence-electron chi connectivity index (χ1n) is 6.56. The molecule has 1 N–H and O–H groups in total. The summed E-state index contributed by atoms with van der Waals surface area (Å²) in [5, 5.41) is 2.87. The van der Waals surface area contributed by atoms with E-state index in [2.05, 4.69) is 15.0 Å². The molecule has 0 aliphatic rings. The molecule has 0 spiro atoms. The lowest BCUT2D eigenvalue weighted by molar-refractivity contribution is 0.103. The molecule has 0 unspecified atom stereocenters. The normalized spacial score (nSPS) is 11.3. The Labute approximate surface area is 124 Å². The van der Waals surface area contributed by atoms with E-state index in [1.807, 2.05) is 42.6 Å². The molecule has 0 saturated heterocycles. The van der Waals surface area contributed by atoms with Crippen LogP contribution in [0.2, 0.25) is 0 Å². The number of carbonyl (C=O) groups is 1. The Hall–Kier alpha value is -2.53. The second-order valence-corrected chi connectivity index (χ2v) is 5.80. The van der Waals surface area contributed by atoms with Gasteiger partial charge in [-0.2, -0.15) is 0 Å². The van der Waals surface area contributed by atoms with E-state index in [0.717, 1.165) is 32.4 Å². The van der Waals surface area contributed by atoms with Crippen molar-refractivity contribution in [2.24, 2.45) is 0 Å². The van der Waals surface area contributed by atoms with Gasteiger partial charge in [0.25, 0.3) is 0 Å². The lowest BCUT2D eigenvalue weighted by atomic mass is 10.2. The quantitative estimate of drug-likeness (QED) is 0.573. The topological polar surface area (TPSA) is 58.6 Å². The molecule has 3 heterocycles. The van der Waals surface area contributed by atoms with E-state index in [4.69, 9.17) is 0 Å². The number of aromatic nitrogens is 3. The monoisotopic (exact) mass is 293 g/mol. The van der Waals surface area contributed by atoms with Gasteiger partial charge in [0.05, 0.1) is 22.1 Å². The Bertz CT molecular complexity index is 983. The van der Waals surface area contributed by atoms with Gasteiger partial charge in [-0.15, -0.1) is 11.3 Å². The van der Waals surface area contributed by atoms with Crippen LogP contribution in [0.1, 0.15) is 21.1 Å². The van der Waals surface area contributed by atoms with E-state index in [1.54, 1.807) is 6.20 Å². The highest BCUT2D eigenvalue weighted by atomic mass is 32.1. The number of pyridine rings is 1. The third-order valence-electron chi connectivity index (χ3n) is 3.51. The molecule has 0 aliphatic carbocycles. The number of nitrogens with one attached hydrogen (secondary N) is 1. The highest BCUT2D eigenvalue weighted by molar-refractivity contribution is 7.12. The van der Waals surface area contributed by atoms with Crippen LogP contribution in [-0.4, -0.2) is 20.7 Å². The molecule has 1 aromatic carbocycles. The summed E-state index contributed by atoms with van der Waals surface area (Å²) in [5.74, 6) is 0.302. The summed E-state index contributed by atoms with van der Waals surface area (Å²) in [6.07, 6.45) is 1.72. The second-order valence-electron chi connectivity index (χ2n) is 4.88. The van der Waals surface area contributed by atoms with Crippen molar-refractivity contribution in [2.75, 3.05) is 0 Å². The van der Waals surface area contributed by atoms with E-state index in [9.17, 15) is 4.79 Å². The number of aryl methyl sites for hydroxylation is 1. The van der Waals surface area contributed by atoms with Gasteiger partial charge in [0.15, 0.2) is 5.82 Å². The minimum atomic E-state index is -0.0669. The Kier molecular flexibility index (Phi) is 2.62. The molecule has 102 valence electrons. The summed E-state index contributed by atoms with van der Waals surface area (Å²) in [6, 6.07) is 9.74. The van der Waals surface area contributed by atoms with Crippen LogP contribution >= 0.6 is 11.3 Å². The van der Waals surface area contributed by atoms with Gasteiger partial charge in [-0.1, -0.05) is 18.2 Å². The van der Waals surface area contributed by atoms with Crippen molar-refractivity contribution in [3.05, 3.63) is 58.2 Å². The molecule has 0 bridgehead atoms. The molecular weight excluding hydrogens is 282 g/mol. The van der Waals surface area contributed by atoms with Gasteiger partial charge in [0.1, 0.15) is 5.52 Å². The van der Waals surface area contributed by atoms with Gasteiger partial charge in [-0.05, 0) is 30.0 Å². The molecule has 5 heteroatoms. The minimum Gasteiger partial charge on any atom is -0.334 e. The van der Waals surface area contributed by atoms with Crippen molar-refractivity contribution in [1.82, 2.24) is 15.0 Å². The first kappa shape index (κ1) is 12.2. The van der Waals surface area contributed by atoms with E-state index in [-0.39, 0.29) is 5.78 Å². The lowest BCUT2D eigenvalue weighted by Crippen LogP contribution is -2.02. The van der Waals surface area contributed by atoms with Crippen molar-refractivity contribution in [3.8, 4) is 0 Å². The fourth-order valence-corrected chi connectivity index (χ4v) is 3.29. The number of benzene rings is 1. The SMILES string of the molecule is Cc1ccsc1C(=O)c1nc2c(cnc3ccccc32)[nH]1. The van der Waals surface area contributed by atoms with E-state index >= 15 is 0 Å². The summed E-state index contributed by atoms with van der Waals surface area (Å²) < 4.78 is 0. The number of fused-ring (bicyclic) bond motifs is 3. The maximum absolute atomic E-state index is 12.5. The number of carbonyl (C=O) groups excluding carboxylic acids is 1. The van der Waals surface area contributed by atoms with Crippen LogP contribution in [0, 0.1) is 6.92 Å². The highest BCUT2D eigenvalue weighted by Crippen LogP contribution is 2.24. The number of ketones is 1. The van der Waals surface area contributed by atoms with Gasteiger partial charge in [0.2, 0.25) is 5.78 Å². The highest BCUT2D eigenvalue weighted by Gasteiger charge is 2.18. The van der Waals surface area contributed by atoms with Crippen LogP contribution in [0.5, 0.6) is 0 Å². The van der Waals surface area contributed by atoms with Crippen molar-refractivity contribution < 1.29 is 4.79 Å². The van der Waals surface area contributed by atoms with Gasteiger partial charge in [-0.3, -0.25) is 9.78 Å². The summed E-state index contributed by atoms with van der Waals surface area (Å²) in [5.41, 5.74) is 3.43. The summed E-state index contributed by atoms with van der Waals surface area (Å²) in [6.45, 7) is 1.93. The Morgan fingerprint density at radius 1 is 1.24 bits per heavy atom. The number of hydrogen-bond donors (Lipinski definition) is 1. The number of aromatic amines is 1. The van der Waals surface area contributed by atoms with Crippen molar-refractivity contribution >= 4 is 39.1 Å². The Balaban J connectivity index is 1.93. The van der Waals surface area contributed by atoms with Crippen molar-refractivity contribution in [3.63, 3.8) is 0 Å². The molecular formula is C16H11N3OS. The summed E-state index contributed by atoms with van der Waals surface area (Å²) in [7, 11) is 0. The molecule has 4 aromatic rings. The second kappa shape index (κ2) is 4.49. The maximum atomic E-state index is 12.5. The molecule has 0 atom stereocenters. The maximum Gasteiger partial charge on any atom is 0.238 e. The van der Waals surface area contributed by atoms with Crippen molar-refractivity contribution in [1.29, 1.82) is 0 Å². The van der Waals surface area contributed by atoms with E-state index in [0.29, 0.717) is 5.82 Å². The molecule has 4 rings (SSSR count). The van der Waals surface area contributed by atoms with E-state index in [1.165, 1.54) is 11.3 Å². The zero-order valence-electron chi connectivity index (χ0n) is 11.3. The van der Waals surface area contributed by atoms with E-state index < -0.39 is 0 Å². The number of para-hydroxylation sites is 1. The predicted octanol–water partition coefficient (Wildman–Crippen LogP) is 3.71. The van der Waals surface area contributed by atoms with Gasteiger partial charge in [-0.25, -0.2) is 4.98 Å². The van der Waals surface area contributed by atoms with Crippen LogP contribution in [0.4, 0.5) is 0 Å². The third-order valence-corrected chi connectivity index (χ3v) is 4.52. The smallest absolute Gasteiger partial charge is 0.238 e. The molecule has 21 heavy (non-hydrogen) atoms. The summed E-state index contributed by atoms with van der Waals surface area (Å²) in [4.78, 5) is 25.2. The van der Waals surface area contributed by atoms with Crippen molar-refractivity contribution in [2.45, 2.75) is 6.92 Å². The number of imidazole rings is 1. The average Bonchev–Trinajstić information content (AvgIpc) is 3.12. The van der Waals surface area contributed by atoms with Gasteiger partial charge < -0.3 is 4.98 Å². The molecule has 0 radical (unpaired) electrons. The zero-order chi connectivity index (χ0) is 14.4. The summed E-state index contributed by atoms with van der Waals surface area (Å²) >= 11 is 1.44. The first-order valence-corrected chi connectivity index (χ1v) is 7.44. The molecule has 3 aromatic heterocycles. The predicted molar refractivity (Wildman–Crippen MR) is 83.9 cm³/mol. The van der Waals surface area contributed by atoms with Crippen LogP contribution in [0.3, 0.4) is 0 Å². The van der Waals surface area contributed by atoms with Crippen LogP contribution < -0.4 is 0 Å². The Morgan fingerprint density at radius 2 is 2.10 bits per heavy atom. The molecule has 0 fully saturated rings. The fraction of sp³-hybridized carbons (Fsp3) is 0.0625. The number of rotatable bonds is 2. The Morgan fingerprint density at radius 3 is 2.90 bits per heavy atom. The number of H-pyrrole nitrogens is 1. The number of nitrogens with zero attached hydrogens (tertiary/aromatic N) is 2. The largest absolute Gasteiger partial charge is 0.334 e. The van der Waals surface area contributed by atoms with Crippen LogP contribution in [0.15, 0.2) is 41.9 Å². The molecule has 0 amide bonds. The third kappa shape index (κ3) is 1.86. The van der Waals surface area contributed by atoms with Gasteiger partial charge in [0, 0.05) is 5.39 Å². The number of thiophene rings is 1. The zero-order valence-corrected chi connectivity index (χ0v) is 12.1. The standard InChI is InChI=1S/C16H11N3OS/c1-9-6-7-21-15(9)14(20)16-18-12-8-17-11-5-3-2-4-10(11)13(12)19-16/h2-8H,1H3,(H,18,19). The minimum absolute atomic E-state index is 0.0669. The van der Waals surface area contributed by atoms with Crippen LogP contribution in [0.25, 0.3) is 21.9 Å². The molecule has 0 aliphatic heterocycles. The fourth-order valence-electron chi connectivity index (χ4n) is 2.43. The lowest BCUT2D eigenvalue weighted by Gasteiger charge is -1.95. The molecule has 4 nitrogen and oxygen atoms in total. The average molecular weight is 293 g/mol. The van der Waals surface area contributed by atoms with Crippen LogP contribution in [-0.2, 0) is 0 Å². The van der Waals surface area contributed by atoms with Gasteiger partial charge >= 0.3 is 0 Å².